The summed E-state index contributed by atoms with van der Waals surface area (Å²) in [7, 11) is 1.47. The fourth-order valence-corrected chi connectivity index (χ4v) is 6.03. The summed E-state index contributed by atoms with van der Waals surface area (Å²) in [4.78, 5) is 46.1. The van der Waals surface area contributed by atoms with E-state index < -0.39 is 40.9 Å². The number of carbonyl (C=O) groups excluding carboxylic acids is 3. The van der Waals surface area contributed by atoms with E-state index in [2.05, 4.69) is 32.3 Å². The number of anilines is 1. The molecule has 39 heavy (non-hydrogen) atoms. The van der Waals surface area contributed by atoms with Crippen LogP contribution in [0.15, 0.2) is 40.9 Å². The van der Waals surface area contributed by atoms with Crippen molar-refractivity contribution < 1.29 is 23.2 Å². The number of aromatic amines is 1. The van der Waals surface area contributed by atoms with Gasteiger partial charge in [0.15, 0.2) is 0 Å². The molecule has 0 aliphatic carbocycles. The van der Waals surface area contributed by atoms with Crippen LogP contribution < -0.4 is 5.32 Å². The van der Waals surface area contributed by atoms with Crippen molar-refractivity contribution in [2.45, 2.75) is 44.2 Å². The van der Waals surface area contributed by atoms with Gasteiger partial charge in [-0.2, -0.15) is 5.26 Å². The lowest BCUT2D eigenvalue weighted by Gasteiger charge is -2.33. The molecular formula is C28H26BrF2N5O3. The quantitative estimate of drug-likeness (QED) is 0.444. The summed E-state index contributed by atoms with van der Waals surface area (Å²) in [5, 5.41) is 12.9. The zero-order valence-corrected chi connectivity index (χ0v) is 23.1. The number of rotatable bonds is 5. The Morgan fingerprint density at radius 3 is 2.69 bits per heavy atom. The molecule has 3 heterocycles. The van der Waals surface area contributed by atoms with Gasteiger partial charge in [0.05, 0.1) is 17.0 Å². The number of hydrogen-bond donors (Lipinski definition) is 2. The number of likely N-dealkylation sites (tertiary alicyclic amines) is 1. The van der Waals surface area contributed by atoms with Crippen molar-refractivity contribution in [1.29, 1.82) is 5.26 Å². The lowest BCUT2D eigenvalue weighted by Crippen LogP contribution is -2.52. The highest BCUT2D eigenvalue weighted by Gasteiger charge is 2.56. The first kappa shape index (κ1) is 26.8. The van der Waals surface area contributed by atoms with E-state index in [1.54, 1.807) is 12.1 Å². The Morgan fingerprint density at radius 1 is 1.26 bits per heavy atom. The van der Waals surface area contributed by atoms with E-state index in [0.717, 1.165) is 22.2 Å². The van der Waals surface area contributed by atoms with Gasteiger partial charge in [-0.25, -0.2) is 8.78 Å². The average molecular weight is 598 g/mol. The van der Waals surface area contributed by atoms with Crippen molar-refractivity contribution >= 4 is 50.2 Å². The molecule has 0 unspecified atom stereocenters. The summed E-state index contributed by atoms with van der Waals surface area (Å²) in [6.07, 6.45) is 0.420. The number of nitriles is 1. The summed E-state index contributed by atoms with van der Waals surface area (Å²) < 4.78 is 28.7. The number of nitrogens with zero attached hydrogens (tertiary/aromatic N) is 3. The molecule has 0 saturated carbocycles. The van der Waals surface area contributed by atoms with Gasteiger partial charge in [0, 0.05) is 41.6 Å². The van der Waals surface area contributed by atoms with E-state index >= 15 is 0 Å². The summed E-state index contributed by atoms with van der Waals surface area (Å²) in [5.74, 6) is -2.89. The van der Waals surface area contributed by atoms with E-state index in [9.17, 15) is 28.4 Å². The Bertz CT molecular complexity index is 1560. The predicted molar refractivity (Wildman–Crippen MR) is 144 cm³/mol. The number of nitrogens with one attached hydrogen (secondary N) is 2. The van der Waals surface area contributed by atoms with Crippen molar-refractivity contribution in [1.82, 2.24) is 14.8 Å². The van der Waals surface area contributed by atoms with Crippen molar-refractivity contribution in [2.75, 3.05) is 18.9 Å². The Hall–Kier alpha value is -3.78. The van der Waals surface area contributed by atoms with Gasteiger partial charge in [0.2, 0.25) is 11.8 Å². The highest BCUT2D eigenvalue weighted by molar-refractivity contribution is 9.10. The molecule has 1 aromatic heterocycles. The number of halogens is 3. The largest absolute Gasteiger partial charge is 0.350 e. The minimum atomic E-state index is -1.08. The third-order valence-electron chi connectivity index (χ3n) is 7.62. The topological polar surface area (TPSA) is 109 Å². The first-order valence-corrected chi connectivity index (χ1v) is 13.3. The molecule has 3 atom stereocenters. The van der Waals surface area contributed by atoms with Crippen LogP contribution in [0.2, 0.25) is 0 Å². The summed E-state index contributed by atoms with van der Waals surface area (Å²) in [6, 6.07) is 8.88. The molecule has 1 fully saturated rings. The predicted octanol–water partition coefficient (Wildman–Crippen LogP) is 4.71. The van der Waals surface area contributed by atoms with Crippen LogP contribution in [0, 0.1) is 28.9 Å². The summed E-state index contributed by atoms with van der Waals surface area (Å²) in [5.41, 5.74) is 0.400. The molecule has 3 amide bonds. The number of amides is 3. The fourth-order valence-electron chi connectivity index (χ4n) is 5.67. The van der Waals surface area contributed by atoms with Gasteiger partial charge >= 0.3 is 0 Å². The van der Waals surface area contributed by atoms with Crippen molar-refractivity contribution in [3.05, 3.63) is 63.8 Å². The monoisotopic (exact) mass is 597 g/mol. The lowest BCUT2D eigenvalue weighted by molar-refractivity contribution is -0.136. The number of aromatic nitrogens is 1. The number of benzene rings is 2. The van der Waals surface area contributed by atoms with Crippen LogP contribution in [-0.2, 0) is 15.0 Å². The molecular weight excluding hydrogens is 572 g/mol. The van der Waals surface area contributed by atoms with Gasteiger partial charge < -0.3 is 20.1 Å². The highest BCUT2D eigenvalue weighted by atomic mass is 79.9. The van der Waals surface area contributed by atoms with Crippen LogP contribution in [-0.4, -0.2) is 58.2 Å². The van der Waals surface area contributed by atoms with Crippen LogP contribution in [0.3, 0.4) is 0 Å². The van der Waals surface area contributed by atoms with Gasteiger partial charge in [-0.05, 0) is 48.2 Å². The van der Waals surface area contributed by atoms with Crippen LogP contribution in [0.5, 0.6) is 0 Å². The van der Waals surface area contributed by atoms with Crippen molar-refractivity contribution in [2.24, 2.45) is 5.92 Å². The highest BCUT2D eigenvalue weighted by Crippen LogP contribution is 2.47. The second kappa shape index (κ2) is 9.75. The third-order valence-corrected chi connectivity index (χ3v) is 8.11. The molecule has 202 valence electrons. The Balaban J connectivity index is 1.47. The van der Waals surface area contributed by atoms with Gasteiger partial charge in [-0.3, -0.25) is 14.4 Å². The molecule has 3 aromatic rings. The van der Waals surface area contributed by atoms with Gasteiger partial charge in [0.1, 0.15) is 29.4 Å². The number of carbonyl (C=O) groups is 3. The van der Waals surface area contributed by atoms with E-state index in [4.69, 9.17) is 0 Å². The van der Waals surface area contributed by atoms with Crippen molar-refractivity contribution in [3.8, 4) is 6.07 Å². The van der Waals surface area contributed by atoms with E-state index in [-0.39, 0.29) is 41.4 Å². The Kier molecular flexibility index (Phi) is 6.71. The molecule has 11 heteroatoms. The average Bonchev–Trinajstić information content (AvgIpc) is 3.56. The molecule has 2 aliphatic rings. The maximum Gasteiger partial charge on any atom is 0.270 e. The minimum absolute atomic E-state index is 0.00206. The van der Waals surface area contributed by atoms with E-state index in [1.807, 2.05) is 19.9 Å². The molecule has 2 N–H and O–H groups in total. The Morgan fingerprint density at radius 2 is 2.00 bits per heavy atom. The Labute approximate surface area is 232 Å². The van der Waals surface area contributed by atoms with E-state index in [0.29, 0.717) is 12.1 Å². The third kappa shape index (κ3) is 4.46. The zero-order chi connectivity index (χ0) is 28.2. The van der Waals surface area contributed by atoms with Crippen LogP contribution >= 0.6 is 15.9 Å². The normalized spacial score (nSPS) is 20.8. The molecule has 1 spiro atoms. The van der Waals surface area contributed by atoms with Gasteiger partial charge in [-0.1, -0.05) is 29.8 Å². The van der Waals surface area contributed by atoms with Crippen LogP contribution in [0.25, 0.3) is 10.9 Å². The fraction of sp³-hybridized carbons (Fsp3) is 0.357. The molecule has 0 bridgehead atoms. The number of likely N-dealkylation sites (N-methyl/N-ethyl adjacent to an activating group) is 1. The smallest absolute Gasteiger partial charge is 0.270 e. The zero-order valence-electron chi connectivity index (χ0n) is 21.5. The van der Waals surface area contributed by atoms with Crippen LogP contribution in [0.4, 0.5) is 14.5 Å². The summed E-state index contributed by atoms with van der Waals surface area (Å²) >= 11 is 3.44. The minimum Gasteiger partial charge on any atom is -0.350 e. The standard InChI is InChI=1S/C28H26BrF2N5O3/c1-14(2)6-24(35(3)25(37)23-10-18-20(31)8-16(30)9-22(18)33-23)26(38)36-13-28(11-17(36)12-32)19-7-15(29)4-5-21(19)34-27(28)39/h4-5,7-10,14,17,24,33H,6,11,13H2,1-3H3,(H,34,39)/t17-,24-,28-/m0/s1. The molecule has 1 saturated heterocycles. The first-order valence-electron chi connectivity index (χ1n) is 12.5. The van der Waals surface area contributed by atoms with Gasteiger partial charge in [0.25, 0.3) is 5.91 Å². The summed E-state index contributed by atoms with van der Waals surface area (Å²) in [6.45, 7) is 3.81. The maximum absolute atomic E-state index is 14.3. The number of fused-ring (bicyclic) bond motifs is 3. The maximum atomic E-state index is 14.3. The second-order valence-electron chi connectivity index (χ2n) is 10.6. The molecule has 8 nitrogen and oxygen atoms in total. The van der Waals surface area contributed by atoms with Gasteiger partial charge in [-0.15, -0.1) is 0 Å². The molecule has 2 aliphatic heterocycles. The molecule has 0 radical (unpaired) electrons. The number of hydrogen-bond acceptors (Lipinski definition) is 4. The molecule has 2 aromatic carbocycles. The first-order chi connectivity index (χ1) is 18.4. The molecule has 5 rings (SSSR count). The second-order valence-corrected chi connectivity index (χ2v) is 11.6. The van der Waals surface area contributed by atoms with Crippen molar-refractivity contribution in [3.63, 3.8) is 0 Å². The number of H-pyrrole nitrogens is 1. The SMILES string of the molecule is CC(C)C[C@@H](C(=O)N1C[C@]2(C[C@H]1C#N)C(=O)Nc1ccc(Br)cc12)N(C)C(=O)c1cc2c(F)cc(F)cc2[nH]1. The van der Waals surface area contributed by atoms with E-state index in [1.165, 1.54) is 22.9 Å². The lowest BCUT2D eigenvalue weighted by atomic mass is 9.80. The van der Waals surface area contributed by atoms with Crippen LogP contribution in [0.1, 0.15) is 42.7 Å².